The molecule has 0 aliphatic carbocycles. The second kappa shape index (κ2) is 6.05. The average molecular weight is 336 g/mol. The minimum atomic E-state index is 0.139. The molecule has 24 heavy (non-hydrogen) atoms. The van der Waals surface area contributed by atoms with E-state index in [4.69, 9.17) is 4.74 Å². The predicted octanol–water partition coefficient (Wildman–Crippen LogP) is 4.31. The lowest BCUT2D eigenvalue weighted by Crippen LogP contribution is -2.05. The number of hydrogen-bond acceptors (Lipinski definition) is 5. The van der Waals surface area contributed by atoms with Gasteiger partial charge in [0.2, 0.25) is 0 Å². The van der Waals surface area contributed by atoms with Gasteiger partial charge in [0.1, 0.15) is 5.75 Å². The molecule has 0 atom stereocenters. The van der Waals surface area contributed by atoms with Gasteiger partial charge in [0, 0.05) is 17.1 Å². The Kier molecular flexibility index (Phi) is 3.74. The second-order valence-electron chi connectivity index (χ2n) is 5.71. The quantitative estimate of drug-likeness (QED) is 0.557. The van der Waals surface area contributed by atoms with Gasteiger partial charge in [-0.15, -0.1) is 11.3 Å². The Balaban J connectivity index is 1.79. The van der Waals surface area contributed by atoms with Crippen LogP contribution < -0.4 is 4.74 Å². The zero-order chi connectivity index (χ0) is 16.5. The number of fused-ring (bicyclic) bond motifs is 1. The molecule has 1 aromatic carbocycles. The normalized spacial score (nSPS) is 11.3. The number of imidazole rings is 1. The zero-order valence-corrected chi connectivity index (χ0v) is 14.2. The molecule has 120 valence electrons. The van der Waals surface area contributed by atoms with E-state index in [9.17, 15) is 0 Å². The Hall–Kier alpha value is -2.73. The van der Waals surface area contributed by atoms with Crippen LogP contribution in [0.1, 0.15) is 13.8 Å². The number of hydrogen-bond donors (Lipinski definition) is 0. The molecule has 0 aliphatic rings. The van der Waals surface area contributed by atoms with E-state index in [2.05, 4.69) is 15.0 Å². The Morgan fingerprint density at radius 2 is 2.00 bits per heavy atom. The maximum Gasteiger partial charge on any atom is 0.155 e. The van der Waals surface area contributed by atoms with E-state index < -0.39 is 0 Å². The number of aromatic nitrogens is 4. The van der Waals surface area contributed by atoms with E-state index in [0.29, 0.717) is 0 Å². The predicted molar refractivity (Wildman–Crippen MR) is 95.3 cm³/mol. The molecule has 6 heteroatoms. The molecule has 0 spiro atoms. The fourth-order valence-corrected chi connectivity index (χ4v) is 3.11. The Morgan fingerprint density at radius 1 is 1.08 bits per heavy atom. The van der Waals surface area contributed by atoms with E-state index >= 15 is 0 Å². The maximum absolute atomic E-state index is 5.78. The summed E-state index contributed by atoms with van der Waals surface area (Å²) in [5, 5.41) is 2.01. The van der Waals surface area contributed by atoms with E-state index in [1.54, 1.807) is 17.5 Å². The highest BCUT2D eigenvalue weighted by molar-refractivity contribution is 7.07. The number of rotatable bonds is 4. The van der Waals surface area contributed by atoms with Crippen LogP contribution in [0.5, 0.6) is 5.75 Å². The van der Waals surface area contributed by atoms with E-state index in [1.165, 1.54) is 0 Å². The molecule has 3 heterocycles. The highest BCUT2D eigenvalue weighted by atomic mass is 32.1. The highest BCUT2D eigenvalue weighted by Crippen LogP contribution is 2.26. The molecule has 0 saturated carbocycles. The summed E-state index contributed by atoms with van der Waals surface area (Å²) in [6, 6.07) is 7.97. The van der Waals surface area contributed by atoms with Crippen molar-refractivity contribution in [2.24, 2.45) is 0 Å². The van der Waals surface area contributed by atoms with Gasteiger partial charge in [0.15, 0.2) is 5.65 Å². The molecule has 0 radical (unpaired) electrons. The topological polar surface area (TPSA) is 52.3 Å². The SMILES string of the molecule is CC(C)Oc1cccc(-c2cn3c(-c4cscn4)cnc3cn2)c1. The zero-order valence-electron chi connectivity index (χ0n) is 13.4. The van der Waals surface area contributed by atoms with Crippen LogP contribution in [-0.4, -0.2) is 25.5 Å². The molecule has 0 saturated heterocycles. The van der Waals surface area contributed by atoms with Crippen molar-refractivity contribution < 1.29 is 4.74 Å². The standard InChI is InChI=1S/C18H16N4OS/c1-12(2)23-14-5-3-4-13(6-14)15-9-22-17(16-10-24-11-21-16)7-20-18(22)8-19-15/h3-12H,1-2H3. The van der Waals surface area contributed by atoms with Gasteiger partial charge >= 0.3 is 0 Å². The van der Waals surface area contributed by atoms with Crippen LogP contribution in [0, 0.1) is 0 Å². The summed E-state index contributed by atoms with van der Waals surface area (Å²) in [6.07, 6.45) is 5.74. The minimum Gasteiger partial charge on any atom is -0.491 e. The first kappa shape index (κ1) is 14.8. The lowest BCUT2D eigenvalue weighted by atomic mass is 10.1. The van der Waals surface area contributed by atoms with Gasteiger partial charge in [-0.3, -0.25) is 9.38 Å². The van der Waals surface area contributed by atoms with E-state index in [1.807, 2.05) is 65.8 Å². The molecule has 0 fully saturated rings. The molecule has 0 amide bonds. The minimum absolute atomic E-state index is 0.139. The molecule has 3 aromatic heterocycles. The summed E-state index contributed by atoms with van der Waals surface area (Å²) in [4.78, 5) is 13.3. The highest BCUT2D eigenvalue weighted by Gasteiger charge is 2.10. The molecular weight excluding hydrogens is 320 g/mol. The second-order valence-corrected chi connectivity index (χ2v) is 6.43. The summed E-state index contributed by atoms with van der Waals surface area (Å²) < 4.78 is 7.80. The van der Waals surface area contributed by atoms with Gasteiger partial charge in [-0.2, -0.15) is 0 Å². The molecule has 5 nitrogen and oxygen atoms in total. The lowest BCUT2D eigenvalue weighted by molar-refractivity contribution is 0.242. The van der Waals surface area contributed by atoms with Gasteiger partial charge in [0.05, 0.1) is 41.1 Å². The third kappa shape index (κ3) is 2.76. The summed E-state index contributed by atoms with van der Waals surface area (Å²) in [5.41, 5.74) is 6.38. The third-order valence-corrected chi connectivity index (χ3v) is 4.18. The van der Waals surface area contributed by atoms with Crippen molar-refractivity contribution in [3.8, 4) is 28.4 Å². The Labute approximate surface area is 143 Å². The third-order valence-electron chi connectivity index (χ3n) is 3.59. The van der Waals surface area contributed by atoms with Crippen molar-refractivity contribution >= 4 is 17.0 Å². The first-order valence-corrected chi connectivity index (χ1v) is 8.64. The largest absolute Gasteiger partial charge is 0.491 e. The van der Waals surface area contributed by atoms with Gasteiger partial charge in [-0.25, -0.2) is 9.97 Å². The summed E-state index contributed by atoms with van der Waals surface area (Å²) >= 11 is 1.57. The number of thiazole rings is 1. The van der Waals surface area contributed by atoms with Gasteiger partial charge in [-0.1, -0.05) is 12.1 Å². The summed E-state index contributed by atoms with van der Waals surface area (Å²) in [6.45, 7) is 4.03. The van der Waals surface area contributed by atoms with Crippen molar-refractivity contribution in [2.45, 2.75) is 20.0 Å². The van der Waals surface area contributed by atoms with Crippen LogP contribution in [-0.2, 0) is 0 Å². The molecule has 0 N–H and O–H groups in total. The number of nitrogens with zero attached hydrogens (tertiary/aromatic N) is 4. The van der Waals surface area contributed by atoms with Crippen molar-refractivity contribution in [3.63, 3.8) is 0 Å². The van der Waals surface area contributed by atoms with Crippen molar-refractivity contribution in [1.29, 1.82) is 0 Å². The smallest absolute Gasteiger partial charge is 0.155 e. The van der Waals surface area contributed by atoms with E-state index in [-0.39, 0.29) is 6.10 Å². The molecule has 0 aliphatic heterocycles. The molecule has 4 aromatic rings. The van der Waals surface area contributed by atoms with Crippen molar-refractivity contribution in [2.75, 3.05) is 0 Å². The van der Waals surface area contributed by atoms with Gasteiger partial charge < -0.3 is 4.74 Å². The van der Waals surface area contributed by atoms with Crippen LogP contribution in [0.3, 0.4) is 0 Å². The first-order valence-electron chi connectivity index (χ1n) is 7.69. The average Bonchev–Trinajstić information content (AvgIpc) is 3.23. The molecule has 4 rings (SSSR count). The summed E-state index contributed by atoms with van der Waals surface area (Å²) in [7, 11) is 0. The first-order chi connectivity index (χ1) is 11.7. The maximum atomic E-state index is 5.78. The van der Waals surface area contributed by atoms with E-state index in [0.717, 1.165) is 34.0 Å². The Morgan fingerprint density at radius 3 is 2.79 bits per heavy atom. The summed E-state index contributed by atoms with van der Waals surface area (Å²) in [5.74, 6) is 0.842. The van der Waals surface area contributed by atoms with Crippen LogP contribution in [0.2, 0.25) is 0 Å². The van der Waals surface area contributed by atoms with Crippen molar-refractivity contribution in [1.82, 2.24) is 19.4 Å². The number of benzene rings is 1. The van der Waals surface area contributed by atoms with Crippen molar-refractivity contribution in [3.05, 3.63) is 53.7 Å². The Bertz CT molecular complexity index is 976. The molecular formula is C18H16N4OS. The van der Waals surface area contributed by atoms with Crippen LogP contribution in [0.25, 0.3) is 28.3 Å². The van der Waals surface area contributed by atoms with Gasteiger partial charge in [-0.05, 0) is 26.0 Å². The fraction of sp³-hybridized carbons (Fsp3) is 0.167. The monoisotopic (exact) mass is 336 g/mol. The van der Waals surface area contributed by atoms with Crippen LogP contribution >= 0.6 is 11.3 Å². The lowest BCUT2D eigenvalue weighted by Gasteiger charge is -2.11. The van der Waals surface area contributed by atoms with Crippen LogP contribution in [0.15, 0.2) is 53.7 Å². The fourth-order valence-electron chi connectivity index (χ4n) is 2.57. The molecule has 0 unspecified atom stereocenters. The van der Waals surface area contributed by atoms with Gasteiger partial charge in [0.25, 0.3) is 0 Å². The molecule has 0 bridgehead atoms. The number of ether oxygens (including phenoxy) is 1. The van der Waals surface area contributed by atoms with Crippen LogP contribution in [0.4, 0.5) is 0 Å².